The van der Waals surface area contributed by atoms with Gasteiger partial charge >= 0.3 is 0 Å². The van der Waals surface area contributed by atoms with Gasteiger partial charge in [0.2, 0.25) is 5.88 Å². The van der Waals surface area contributed by atoms with Gasteiger partial charge in [0.15, 0.2) is 0 Å². The molecule has 0 atom stereocenters. The topological polar surface area (TPSA) is 22.1 Å². The van der Waals surface area contributed by atoms with E-state index in [-0.39, 0.29) is 0 Å². The summed E-state index contributed by atoms with van der Waals surface area (Å²) in [7, 11) is 0. The number of pyridine rings is 1. The lowest BCUT2D eigenvalue weighted by Gasteiger charge is -2.09. The number of ether oxygens (including phenoxy) is 1. The Hall–Kier alpha value is -0.960. The standard InChI is InChI=1S/C12H8Cl3NO/c13-7-8-2-1-5-16-12(8)17-11-6-9(14)3-4-10(11)15/h1-6H,7H2. The lowest BCUT2D eigenvalue weighted by Crippen LogP contribution is -1.93. The van der Waals surface area contributed by atoms with E-state index in [0.29, 0.717) is 27.6 Å². The number of rotatable bonds is 3. The van der Waals surface area contributed by atoms with Crippen molar-refractivity contribution < 1.29 is 4.74 Å². The molecule has 0 radical (unpaired) electrons. The van der Waals surface area contributed by atoms with Gasteiger partial charge < -0.3 is 4.74 Å². The highest BCUT2D eigenvalue weighted by Gasteiger charge is 2.08. The summed E-state index contributed by atoms with van der Waals surface area (Å²) in [6.45, 7) is 0. The van der Waals surface area contributed by atoms with Crippen LogP contribution in [0.4, 0.5) is 0 Å². The second-order valence-electron chi connectivity index (χ2n) is 3.28. The highest BCUT2D eigenvalue weighted by Crippen LogP contribution is 2.32. The van der Waals surface area contributed by atoms with Crippen LogP contribution < -0.4 is 4.74 Å². The first kappa shape index (κ1) is 12.5. The van der Waals surface area contributed by atoms with Crippen LogP contribution in [0, 0.1) is 0 Å². The fourth-order valence-electron chi connectivity index (χ4n) is 1.28. The number of nitrogens with zero attached hydrogens (tertiary/aromatic N) is 1. The van der Waals surface area contributed by atoms with Crippen LogP contribution in [0.1, 0.15) is 5.56 Å². The van der Waals surface area contributed by atoms with E-state index in [2.05, 4.69) is 4.98 Å². The molecule has 1 aromatic carbocycles. The van der Waals surface area contributed by atoms with Crippen molar-refractivity contribution in [3.05, 3.63) is 52.1 Å². The van der Waals surface area contributed by atoms with Crippen LogP contribution in [0.5, 0.6) is 11.6 Å². The molecule has 2 aromatic rings. The molecule has 88 valence electrons. The molecule has 0 saturated carbocycles. The lowest BCUT2D eigenvalue weighted by molar-refractivity contribution is 0.458. The van der Waals surface area contributed by atoms with Crippen LogP contribution in [0.2, 0.25) is 10.0 Å². The Morgan fingerprint density at radius 2 is 2.00 bits per heavy atom. The van der Waals surface area contributed by atoms with Gasteiger partial charge in [0.05, 0.1) is 10.9 Å². The van der Waals surface area contributed by atoms with Crippen molar-refractivity contribution in [3.8, 4) is 11.6 Å². The fraction of sp³-hybridized carbons (Fsp3) is 0.0833. The highest BCUT2D eigenvalue weighted by molar-refractivity contribution is 6.34. The summed E-state index contributed by atoms with van der Waals surface area (Å²) in [5.41, 5.74) is 0.796. The third-order valence-corrected chi connectivity index (χ3v) is 2.93. The van der Waals surface area contributed by atoms with E-state index in [1.807, 2.05) is 6.07 Å². The van der Waals surface area contributed by atoms with E-state index in [9.17, 15) is 0 Å². The van der Waals surface area contributed by atoms with E-state index in [1.165, 1.54) is 0 Å². The monoisotopic (exact) mass is 287 g/mol. The van der Waals surface area contributed by atoms with Crippen LogP contribution >= 0.6 is 34.8 Å². The van der Waals surface area contributed by atoms with Gasteiger partial charge in [-0.2, -0.15) is 0 Å². The Bertz CT molecular complexity index is 531. The summed E-state index contributed by atoms with van der Waals surface area (Å²) in [6, 6.07) is 8.63. The van der Waals surface area contributed by atoms with Crippen molar-refractivity contribution in [1.82, 2.24) is 4.98 Å². The quantitative estimate of drug-likeness (QED) is 0.748. The van der Waals surface area contributed by atoms with Gasteiger partial charge in [-0.25, -0.2) is 4.98 Å². The van der Waals surface area contributed by atoms with Gasteiger partial charge in [0, 0.05) is 22.8 Å². The van der Waals surface area contributed by atoms with Crippen LogP contribution in [-0.2, 0) is 5.88 Å². The van der Waals surface area contributed by atoms with Gasteiger partial charge in [-0.15, -0.1) is 11.6 Å². The third kappa shape index (κ3) is 3.03. The van der Waals surface area contributed by atoms with E-state index in [4.69, 9.17) is 39.5 Å². The molecule has 2 nitrogen and oxygen atoms in total. The number of hydrogen-bond acceptors (Lipinski definition) is 2. The molecule has 0 fully saturated rings. The minimum atomic E-state index is 0.321. The Kier molecular flexibility index (Phi) is 4.11. The Labute approximate surface area is 114 Å². The Balaban J connectivity index is 2.34. The van der Waals surface area contributed by atoms with E-state index in [0.717, 1.165) is 5.56 Å². The number of hydrogen-bond donors (Lipinski definition) is 0. The van der Waals surface area contributed by atoms with Crippen LogP contribution in [0.25, 0.3) is 0 Å². The van der Waals surface area contributed by atoms with Crippen molar-refractivity contribution in [3.63, 3.8) is 0 Å². The first-order chi connectivity index (χ1) is 8.20. The van der Waals surface area contributed by atoms with Crippen LogP contribution in [0.3, 0.4) is 0 Å². The van der Waals surface area contributed by atoms with Crippen LogP contribution in [-0.4, -0.2) is 4.98 Å². The fourth-order valence-corrected chi connectivity index (χ4v) is 1.80. The van der Waals surface area contributed by atoms with E-state index < -0.39 is 0 Å². The minimum Gasteiger partial charge on any atom is -0.437 e. The molecule has 17 heavy (non-hydrogen) atoms. The zero-order chi connectivity index (χ0) is 12.3. The summed E-state index contributed by atoms with van der Waals surface area (Å²) in [5.74, 6) is 1.22. The molecule has 0 aliphatic rings. The van der Waals surface area contributed by atoms with Gasteiger partial charge in [-0.05, 0) is 18.2 Å². The molecule has 0 amide bonds. The number of halogens is 3. The first-order valence-electron chi connectivity index (χ1n) is 4.83. The maximum Gasteiger partial charge on any atom is 0.223 e. The number of aromatic nitrogens is 1. The number of benzene rings is 1. The van der Waals surface area contributed by atoms with Crippen molar-refractivity contribution >= 4 is 34.8 Å². The largest absolute Gasteiger partial charge is 0.437 e. The predicted octanol–water partition coefficient (Wildman–Crippen LogP) is 4.92. The summed E-state index contributed by atoms with van der Waals surface area (Å²) >= 11 is 17.7. The van der Waals surface area contributed by atoms with Gasteiger partial charge in [-0.3, -0.25) is 0 Å². The maximum atomic E-state index is 6.00. The Morgan fingerprint density at radius 1 is 1.18 bits per heavy atom. The molecule has 0 spiro atoms. The molecule has 2 rings (SSSR count). The molecule has 1 aromatic heterocycles. The highest BCUT2D eigenvalue weighted by atomic mass is 35.5. The lowest BCUT2D eigenvalue weighted by atomic mass is 10.3. The Morgan fingerprint density at radius 3 is 2.76 bits per heavy atom. The molecular weight excluding hydrogens is 280 g/mol. The van der Waals surface area contributed by atoms with Crippen molar-refractivity contribution in [2.75, 3.05) is 0 Å². The average molecular weight is 289 g/mol. The van der Waals surface area contributed by atoms with Gasteiger partial charge in [-0.1, -0.05) is 29.3 Å². The summed E-state index contributed by atoms with van der Waals surface area (Å²) in [4.78, 5) is 4.11. The smallest absolute Gasteiger partial charge is 0.223 e. The van der Waals surface area contributed by atoms with E-state index in [1.54, 1.807) is 30.5 Å². The molecule has 0 aliphatic carbocycles. The first-order valence-corrected chi connectivity index (χ1v) is 6.12. The second-order valence-corrected chi connectivity index (χ2v) is 4.39. The summed E-state index contributed by atoms with van der Waals surface area (Å²) in [6.07, 6.45) is 1.63. The zero-order valence-corrected chi connectivity index (χ0v) is 10.9. The molecule has 0 N–H and O–H groups in total. The third-order valence-electron chi connectivity index (χ3n) is 2.09. The predicted molar refractivity (Wildman–Crippen MR) is 70.3 cm³/mol. The zero-order valence-electron chi connectivity index (χ0n) is 8.66. The maximum absolute atomic E-state index is 6.00. The number of alkyl halides is 1. The van der Waals surface area contributed by atoms with Gasteiger partial charge in [0.1, 0.15) is 5.75 Å². The summed E-state index contributed by atoms with van der Waals surface area (Å²) in [5, 5.41) is 1.02. The molecule has 5 heteroatoms. The van der Waals surface area contributed by atoms with Crippen molar-refractivity contribution in [2.45, 2.75) is 5.88 Å². The minimum absolute atomic E-state index is 0.321. The SMILES string of the molecule is ClCc1cccnc1Oc1cc(Cl)ccc1Cl. The molecule has 0 aliphatic heterocycles. The summed E-state index contributed by atoms with van der Waals surface area (Å²) < 4.78 is 5.60. The molecular formula is C12H8Cl3NO. The van der Waals surface area contributed by atoms with Crippen LogP contribution in [0.15, 0.2) is 36.5 Å². The normalized spacial score (nSPS) is 10.3. The van der Waals surface area contributed by atoms with E-state index >= 15 is 0 Å². The molecule has 0 unspecified atom stereocenters. The second kappa shape index (κ2) is 5.58. The molecule has 0 saturated heterocycles. The average Bonchev–Trinajstić information content (AvgIpc) is 2.34. The van der Waals surface area contributed by atoms with Crippen molar-refractivity contribution in [2.24, 2.45) is 0 Å². The molecule has 1 heterocycles. The van der Waals surface area contributed by atoms with Crippen molar-refractivity contribution in [1.29, 1.82) is 0 Å². The van der Waals surface area contributed by atoms with Gasteiger partial charge in [0.25, 0.3) is 0 Å². The molecule has 0 bridgehead atoms.